The van der Waals surface area contributed by atoms with Gasteiger partial charge in [0.25, 0.3) is 0 Å². The number of rotatable bonds is 4. The maximum Gasteiger partial charge on any atom is 0.239 e. The highest BCUT2D eigenvalue weighted by atomic mass is 16.2. The fraction of sp³-hybridized carbons (Fsp3) is 0.474. The molecule has 2 aliphatic rings. The number of amides is 1. The van der Waals surface area contributed by atoms with Crippen LogP contribution in [0.3, 0.4) is 0 Å². The second-order valence-corrected chi connectivity index (χ2v) is 6.89. The van der Waals surface area contributed by atoms with Crippen molar-refractivity contribution in [1.29, 1.82) is 0 Å². The average molecular weight is 324 g/mol. The van der Waals surface area contributed by atoms with Gasteiger partial charge in [0, 0.05) is 38.1 Å². The van der Waals surface area contributed by atoms with Gasteiger partial charge in [0.1, 0.15) is 5.82 Å². The Morgan fingerprint density at radius 2 is 2.04 bits per heavy atom. The van der Waals surface area contributed by atoms with E-state index in [4.69, 9.17) is 0 Å². The summed E-state index contributed by atoms with van der Waals surface area (Å²) in [6.45, 7) is 5.48. The van der Waals surface area contributed by atoms with E-state index in [9.17, 15) is 4.79 Å². The highest BCUT2D eigenvalue weighted by Crippen LogP contribution is 2.26. The Morgan fingerprint density at radius 3 is 2.88 bits per heavy atom. The van der Waals surface area contributed by atoms with Crippen molar-refractivity contribution in [3.8, 4) is 0 Å². The van der Waals surface area contributed by atoms with Crippen LogP contribution >= 0.6 is 0 Å². The third-order valence-electron chi connectivity index (χ3n) is 5.35. The quantitative estimate of drug-likeness (QED) is 0.865. The minimum Gasteiger partial charge on any atom is -0.337 e. The monoisotopic (exact) mass is 324 g/mol. The van der Waals surface area contributed by atoms with Gasteiger partial charge in [-0.25, -0.2) is 4.98 Å². The maximum absolute atomic E-state index is 12.6. The van der Waals surface area contributed by atoms with Gasteiger partial charge in [-0.1, -0.05) is 30.3 Å². The first-order chi connectivity index (χ1) is 11.7. The first kappa shape index (κ1) is 15.4. The van der Waals surface area contributed by atoms with E-state index in [1.54, 1.807) is 0 Å². The van der Waals surface area contributed by atoms with Gasteiger partial charge in [-0.3, -0.25) is 9.69 Å². The van der Waals surface area contributed by atoms with E-state index >= 15 is 0 Å². The minimum atomic E-state index is -0.0544. The number of aromatic nitrogens is 2. The van der Waals surface area contributed by atoms with Crippen molar-refractivity contribution in [2.45, 2.75) is 44.9 Å². The third-order valence-corrected chi connectivity index (χ3v) is 5.35. The molecular weight excluding hydrogens is 300 g/mol. The molecule has 1 amide bonds. The number of hydrogen-bond acceptors (Lipinski definition) is 3. The molecule has 126 valence electrons. The number of piperazine rings is 1. The van der Waals surface area contributed by atoms with Gasteiger partial charge in [-0.2, -0.15) is 0 Å². The Labute approximate surface area is 142 Å². The Bertz CT molecular complexity index is 711. The SMILES string of the molecule is C[C@@H]1C(=O)N2CCC[C@@H]2CN1Cc1nccn1Cc1ccccc1. The van der Waals surface area contributed by atoms with Gasteiger partial charge in [-0.15, -0.1) is 0 Å². The van der Waals surface area contributed by atoms with Gasteiger partial charge in [0.2, 0.25) is 5.91 Å². The fourth-order valence-electron chi connectivity index (χ4n) is 3.94. The molecule has 5 heteroatoms. The highest BCUT2D eigenvalue weighted by Gasteiger charge is 2.40. The first-order valence-corrected chi connectivity index (χ1v) is 8.81. The van der Waals surface area contributed by atoms with Gasteiger partial charge in [0.15, 0.2) is 0 Å². The molecule has 2 atom stereocenters. The summed E-state index contributed by atoms with van der Waals surface area (Å²) in [6, 6.07) is 10.8. The van der Waals surface area contributed by atoms with Crippen LogP contribution in [-0.4, -0.2) is 50.4 Å². The zero-order chi connectivity index (χ0) is 16.5. The summed E-state index contributed by atoms with van der Waals surface area (Å²) in [5, 5.41) is 0. The Morgan fingerprint density at radius 1 is 1.21 bits per heavy atom. The van der Waals surface area contributed by atoms with Crippen LogP contribution in [0.25, 0.3) is 0 Å². The van der Waals surface area contributed by atoms with Gasteiger partial charge in [0.05, 0.1) is 12.6 Å². The molecule has 2 aliphatic heterocycles. The molecule has 24 heavy (non-hydrogen) atoms. The zero-order valence-electron chi connectivity index (χ0n) is 14.1. The Hall–Kier alpha value is -2.14. The van der Waals surface area contributed by atoms with Crippen LogP contribution in [0.5, 0.6) is 0 Å². The van der Waals surface area contributed by atoms with Crippen LogP contribution in [0.15, 0.2) is 42.7 Å². The highest BCUT2D eigenvalue weighted by molar-refractivity contribution is 5.82. The molecule has 0 aliphatic carbocycles. The summed E-state index contributed by atoms with van der Waals surface area (Å²) >= 11 is 0. The van der Waals surface area contributed by atoms with Crippen LogP contribution in [0.1, 0.15) is 31.2 Å². The van der Waals surface area contributed by atoms with Crippen LogP contribution in [-0.2, 0) is 17.9 Å². The van der Waals surface area contributed by atoms with E-state index in [1.165, 1.54) is 5.56 Å². The largest absolute Gasteiger partial charge is 0.337 e. The molecule has 2 saturated heterocycles. The Kier molecular flexibility index (Phi) is 4.10. The van der Waals surface area contributed by atoms with Crippen molar-refractivity contribution in [3.63, 3.8) is 0 Å². The second kappa shape index (κ2) is 6.40. The van der Waals surface area contributed by atoms with Gasteiger partial charge in [-0.05, 0) is 25.3 Å². The molecule has 1 aromatic heterocycles. The predicted octanol–water partition coefficient (Wildman–Crippen LogP) is 2.13. The second-order valence-electron chi connectivity index (χ2n) is 6.89. The maximum atomic E-state index is 12.6. The lowest BCUT2D eigenvalue weighted by Crippen LogP contribution is -2.58. The van der Waals surface area contributed by atoms with Crippen LogP contribution in [0.2, 0.25) is 0 Å². The normalized spacial score (nSPS) is 24.4. The van der Waals surface area contributed by atoms with Crippen LogP contribution in [0.4, 0.5) is 0 Å². The lowest BCUT2D eigenvalue weighted by atomic mass is 10.1. The van der Waals surface area contributed by atoms with Crippen molar-refractivity contribution < 1.29 is 4.79 Å². The summed E-state index contributed by atoms with van der Waals surface area (Å²) in [6.07, 6.45) is 6.16. The fourth-order valence-corrected chi connectivity index (χ4v) is 3.94. The molecule has 0 unspecified atom stereocenters. The molecule has 1 aromatic carbocycles. The molecule has 3 heterocycles. The molecule has 0 saturated carbocycles. The number of carbonyl (C=O) groups excluding carboxylic acids is 1. The average Bonchev–Trinajstić information content (AvgIpc) is 3.23. The number of hydrogen-bond donors (Lipinski definition) is 0. The molecule has 4 rings (SSSR count). The lowest BCUT2D eigenvalue weighted by Gasteiger charge is -2.41. The number of imidazole rings is 1. The lowest BCUT2D eigenvalue weighted by molar-refractivity contribution is -0.143. The molecule has 0 N–H and O–H groups in total. The van der Waals surface area contributed by atoms with E-state index < -0.39 is 0 Å². The van der Waals surface area contributed by atoms with E-state index in [0.717, 1.165) is 44.8 Å². The summed E-state index contributed by atoms with van der Waals surface area (Å²) < 4.78 is 2.19. The first-order valence-electron chi connectivity index (χ1n) is 8.81. The number of benzene rings is 1. The molecule has 0 bridgehead atoms. The zero-order valence-corrected chi connectivity index (χ0v) is 14.1. The van der Waals surface area contributed by atoms with E-state index in [-0.39, 0.29) is 11.9 Å². The van der Waals surface area contributed by atoms with Crippen molar-refractivity contribution in [1.82, 2.24) is 19.4 Å². The van der Waals surface area contributed by atoms with Crippen molar-refractivity contribution in [3.05, 3.63) is 54.1 Å². The summed E-state index contributed by atoms with van der Waals surface area (Å²) in [5.74, 6) is 1.31. The van der Waals surface area contributed by atoms with Crippen molar-refractivity contribution in [2.75, 3.05) is 13.1 Å². The van der Waals surface area contributed by atoms with E-state index in [2.05, 4.69) is 43.6 Å². The van der Waals surface area contributed by atoms with E-state index in [0.29, 0.717) is 6.04 Å². The minimum absolute atomic E-state index is 0.0544. The third kappa shape index (κ3) is 2.84. The topological polar surface area (TPSA) is 41.4 Å². The van der Waals surface area contributed by atoms with E-state index in [1.807, 2.05) is 25.4 Å². The predicted molar refractivity (Wildman–Crippen MR) is 92.4 cm³/mol. The molecule has 0 radical (unpaired) electrons. The molecule has 0 spiro atoms. The number of fused-ring (bicyclic) bond motifs is 1. The standard InChI is InChI=1S/C19H24N4O/c1-15-19(24)23-10-5-8-17(23)13-22(15)14-18-20-9-11-21(18)12-16-6-3-2-4-7-16/h2-4,6-7,9,11,15,17H,5,8,10,12-14H2,1H3/t15-,17-/m1/s1. The summed E-state index contributed by atoms with van der Waals surface area (Å²) in [5.41, 5.74) is 1.27. The molecule has 2 aromatic rings. The number of carbonyl (C=O) groups is 1. The van der Waals surface area contributed by atoms with Crippen molar-refractivity contribution >= 4 is 5.91 Å². The molecule has 5 nitrogen and oxygen atoms in total. The smallest absolute Gasteiger partial charge is 0.239 e. The Balaban J connectivity index is 1.49. The number of nitrogens with zero attached hydrogens (tertiary/aromatic N) is 4. The van der Waals surface area contributed by atoms with Crippen molar-refractivity contribution in [2.24, 2.45) is 0 Å². The van der Waals surface area contributed by atoms with Gasteiger partial charge < -0.3 is 9.47 Å². The molecular formula is C19H24N4O. The summed E-state index contributed by atoms with van der Waals surface area (Å²) in [4.78, 5) is 21.5. The van der Waals surface area contributed by atoms with Crippen LogP contribution in [0, 0.1) is 0 Å². The van der Waals surface area contributed by atoms with Gasteiger partial charge >= 0.3 is 0 Å². The summed E-state index contributed by atoms with van der Waals surface area (Å²) in [7, 11) is 0. The molecule has 2 fully saturated rings. The van der Waals surface area contributed by atoms with Crippen LogP contribution < -0.4 is 0 Å².